The third kappa shape index (κ3) is 2.75. The van der Waals surface area contributed by atoms with E-state index in [9.17, 15) is 13.2 Å². The number of halogens is 3. The van der Waals surface area contributed by atoms with Gasteiger partial charge < -0.3 is 15.4 Å². The minimum Gasteiger partial charge on any atom is -0.460 e. The monoisotopic (exact) mass is 275 g/mol. The smallest absolute Gasteiger partial charge is 0.428 e. The number of nitrogens with two attached hydrogens (primary N) is 1. The third-order valence-electron chi connectivity index (χ3n) is 3.40. The lowest BCUT2D eigenvalue weighted by Gasteiger charge is -2.41. The van der Waals surface area contributed by atoms with Gasteiger partial charge >= 0.3 is 6.18 Å². The molecule has 19 heavy (non-hydrogen) atoms. The zero-order valence-electron chi connectivity index (χ0n) is 10.6. The molecule has 0 amide bonds. The average molecular weight is 275 g/mol. The van der Waals surface area contributed by atoms with Gasteiger partial charge in [0.2, 0.25) is 11.5 Å². The highest BCUT2D eigenvalue weighted by atomic mass is 19.4. The van der Waals surface area contributed by atoms with E-state index in [4.69, 9.17) is 10.5 Å². The molecule has 2 heterocycles. The van der Waals surface area contributed by atoms with Gasteiger partial charge in [-0.25, -0.2) is 4.98 Å². The second-order valence-corrected chi connectivity index (χ2v) is 4.80. The molecule has 0 atom stereocenters. The molecule has 0 radical (unpaired) electrons. The molecular weight excluding hydrogens is 259 g/mol. The van der Waals surface area contributed by atoms with Crippen molar-refractivity contribution in [2.45, 2.75) is 24.6 Å². The number of ether oxygens (including phenoxy) is 1. The van der Waals surface area contributed by atoms with Crippen LogP contribution in [0.4, 0.5) is 18.9 Å². The van der Waals surface area contributed by atoms with Gasteiger partial charge in [0.25, 0.3) is 0 Å². The maximum atomic E-state index is 13.3. The molecule has 0 aliphatic carbocycles. The highest BCUT2D eigenvalue weighted by Crippen LogP contribution is 2.42. The van der Waals surface area contributed by atoms with Gasteiger partial charge in [-0.3, -0.25) is 0 Å². The number of anilines is 1. The molecule has 1 fully saturated rings. The fourth-order valence-corrected chi connectivity index (χ4v) is 2.10. The molecular formula is C12H16F3N3O. The Labute approximate surface area is 109 Å². The summed E-state index contributed by atoms with van der Waals surface area (Å²) in [6, 6.07) is 3.03. The fourth-order valence-electron chi connectivity index (χ4n) is 2.10. The number of rotatable bonds is 2. The number of nitrogens with zero attached hydrogens (tertiary/aromatic N) is 2. The summed E-state index contributed by atoms with van der Waals surface area (Å²) in [5, 5.41) is 0. The molecule has 0 aromatic carbocycles. The summed E-state index contributed by atoms with van der Waals surface area (Å²) in [5.41, 5.74) is 3.53. The molecule has 0 saturated carbocycles. The zero-order valence-corrected chi connectivity index (χ0v) is 10.6. The van der Waals surface area contributed by atoms with Crippen molar-refractivity contribution in [2.24, 2.45) is 0 Å². The van der Waals surface area contributed by atoms with E-state index in [2.05, 4.69) is 4.98 Å². The second kappa shape index (κ2) is 4.88. The summed E-state index contributed by atoms with van der Waals surface area (Å²) in [5.74, 6) is -0.149. The molecule has 0 spiro atoms. The number of alkyl halides is 3. The van der Waals surface area contributed by atoms with Crippen molar-refractivity contribution >= 4 is 5.69 Å². The number of hydrogen-bond donors (Lipinski definition) is 1. The van der Waals surface area contributed by atoms with Crippen LogP contribution in [0.2, 0.25) is 0 Å². The van der Waals surface area contributed by atoms with Crippen LogP contribution in [0.1, 0.15) is 12.8 Å². The summed E-state index contributed by atoms with van der Waals surface area (Å²) in [4.78, 5) is 5.63. The van der Waals surface area contributed by atoms with Crippen LogP contribution in [0.15, 0.2) is 18.3 Å². The lowest BCUT2D eigenvalue weighted by Crippen LogP contribution is -2.56. The van der Waals surface area contributed by atoms with E-state index >= 15 is 0 Å². The molecule has 1 aliphatic rings. The standard InChI is InChI=1S/C12H16F3N3O/c1-18-7-4-11(5-8-18,12(13,14)15)19-10-9(16)3-2-6-17-10/h2-3,6H,4-5,7-8,16H2,1H3. The maximum absolute atomic E-state index is 13.3. The van der Waals surface area contributed by atoms with Gasteiger partial charge in [-0.1, -0.05) is 0 Å². The van der Waals surface area contributed by atoms with Gasteiger partial charge in [-0.15, -0.1) is 0 Å². The van der Waals surface area contributed by atoms with Crippen LogP contribution in [0, 0.1) is 0 Å². The highest BCUT2D eigenvalue weighted by Gasteiger charge is 2.58. The van der Waals surface area contributed by atoms with Gasteiger partial charge in [-0.2, -0.15) is 13.2 Å². The van der Waals surface area contributed by atoms with Crippen LogP contribution in [-0.2, 0) is 0 Å². The molecule has 1 aromatic heterocycles. The number of piperidine rings is 1. The number of nitrogen functional groups attached to an aromatic ring is 1. The first-order valence-corrected chi connectivity index (χ1v) is 5.99. The topological polar surface area (TPSA) is 51.4 Å². The van der Waals surface area contributed by atoms with Crippen molar-refractivity contribution in [3.8, 4) is 5.88 Å². The number of aromatic nitrogens is 1. The Kier molecular flexibility index (Phi) is 3.58. The van der Waals surface area contributed by atoms with Crippen LogP contribution in [-0.4, -0.2) is 41.8 Å². The van der Waals surface area contributed by atoms with Gasteiger partial charge in [0, 0.05) is 32.1 Å². The molecule has 4 nitrogen and oxygen atoms in total. The molecule has 0 bridgehead atoms. The Balaban J connectivity index is 2.27. The minimum absolute atomic E-state index is 0.116. The van der Waals surface area contributed by atoms with Crippen LogP contribution >= 0.6 is 0 Å². The van der Waals surface area contributed by atoms with Crippen molar-refractivity contribution in [2.75, 3.05) is 25.9 Å². The summed E-state index contributed by atoms with van der Waals surface area (Å²) in [6.07, 6.45) is -3.32. The number of likely N-dealkylation sites (tertiary alicyclic amines) is 1. The van der Waals surface area contributed by atoms with Crippen molar-refractivity contribution in [3.05, 3.63) is 18.3 Å². The summed E-state index contributed by atoms with van der Waals surface area (Å²) in [6.45, 7) is 0.651. The van der Waals surface area contributed by atoms with Crippen molar-refractivity contribution in [3.63, 3.8) is 0 Å². The molecule has 0 unspecified atom stereocenters. The van der Waals surface area contributed by atoms with Crippen molar-refractivity contribution < 1.29 is 17.9 Å². The lowest BCUT2D eigenvalue weighted by molar-refractivity contribution is -0.261. The molecule has 2 N–H and O–H groups in total. The predicted molar refractivity (Wildman–Crippen MR) is 64.8 cm³/mol. The molecule has 1 aliphatic heterocycles. The molecule has 1 aromatic rings. The first kappa shape index (κ1) is 13.9. The van der Waals surface area contributed by atoms with Gasteiger partial charge in [0.05, 0.1) is 5.69 Å². The first-order chi connectivity index (χ1) is 8.84. The van der Waals surface area contributed by atoms with E-state index in [-0.39, 0.29) is 24.4 Å². The zero-order chi connectivity index (χ0) is 14.1. The number of hydrogen-bond acceptors (Lipinski definition) is 4. The lowest BCUT2D eigenvalue weighted by atomic mass is 9.90. The largest absolute Gasteiger partial charge is 0.460 e. The van der Waals surface area contributed by atoms with E-state index in [0.717, 1.165) is 0 Å². The minimum atomic E-state index is -4.45. The quantitative estimate of drug-likeness (QED) is 0.897. The predicted octanol–water partition coefficient (Wildman–Crippen LogP) is 2.07. The normalized spacial score (nSPS) is 20.2. The Hall–Kier alpha value is -1.50. The van der Waals surface area contributed by atoms with E-state index < -0.39 is 11.8 Å². The van der Waals surface area contributed by atoms with Gasteiger partial charge in [0.1, 0.15) is 0 Å². The van der Waals surface area contributed by atoms with Gasteiger partial charge in [-0.05, 0) is 19.2 Å². The van der Waals surface area contributed by atoms with Crippen LogP contribution in [0.25, 0.3) is 0 Å². The Morgan fingerprint density at radius 2 is 2.00 bits per heavy atom. The second-order valence-electron chi connectivity index (χ2n) is 4.80. The van der Waals surface area contributed by atoms with E-state index in [1.54, 1.807) is 13.1 Å². The van der Waals surface area contributed by atoms with Crippen LogP contribution in [0.3, 0.4) is 0 Å². The van der Waals surface area contributed by atoms with E-state index in [1.807, 2.05) is 4.90 Å². The van der Waals surface area contributed by atoms with E-state index in [1.165, 1.54) is 12.3 Å². The number of pyridine rings is 1. The highest BCUT2D eigenvalue weighted by molar-refractivity contribution is 5.47. The molecule has 106 valence electrons. The Morgan fingerprint density at radius 3 is 2.53 bits per heavy atom. The molecule has 2 rings (SSSR count). The van der Waals surface area contributed by atoms with Gasteiger partial charge in [0.15, 0.2) is 0 Å². The van der Waals surface area contributed by atoms with Crippen molar-refractivity contribution in [1.82, 2.24) is 9.88 Å². The van der Waals surface area contributed by atoms with Crippen molar-refractivity contribution in [1.29, 1.82) is 0 Å². The average Bonchev–Trinajstić information content (AvgIpc) is 2.34. The third-order valence-corrected chi connectivity index (χ3v) is 3.40. The molecule has 7 heteroatoms. The Bertz CT molecular complexity index is 442. The maximum Gasteiger partial charge on any atom is 0.428 e. The Morgan fingerprint density at radius 1 is 1.37 bits per heavy atom. The fraction of sp³-hybridized carbons (Fsp3) is 0.583. The SMILES string of the molecule is CN1CCC(Oc2ncccc2N)(C(F)(F)F)CC1. The summed E-state index contributed by atoms with van der Waals surface area (Å²) >= 11 is 0. The first-order valence-electron chi connectivity index (χ1n) is 5.99. The van der Waals surface area contributed by atoms with E-state index in [0.29, 0.717) is 13.1 Å². The van der Waals surface area contributed by atoms with Crippen LogP contribution < -0.4 is 10.5 Å². The summed E-state index contributed by atoms with van der Waals surface area (Å²) < 4.78 is 45.2. The molecule has 1 saturated heterocycles. The van der Waals surface area contributed by atoms with Crippen LogP contribution in [0.5, 0.6) is 5.88 Å². The summed E-state index contributed by atoms with van der Waals surface area (Å²) in [7, 11) is 1.79.